The molecule has 0 aliphatic rings. The fourth-order valence-corrected chi connectivity index (χ4v) is 6.10. The summed E-state index contributed by atoms with van der Waals surface area (Å²) in [4.78, 5) is 33.9. The van der Waals surface area contributed by atoms with Crippen LogP contribution in [0.3, 0.4) is 0 Å². The fraction of sp³-hybridized carbons (Fsp3) is 0.237. The SMILES string of the molecule is COc1cccc(CNCC(O)C(Cc2ccccc2)NC(=O)c2cccc(C(=O)N(Cc3ccccc3)Cc3nc(C)cs3)c2)c1. The van der Waals surface area contributed by atoms with Crippen molar-refractivity contribution in [3.8, 4) is 5.75 Å². The van der Waals surface area contributed by atoms with Crippen LogP contribution in [0.4, 0.5) is 0 Å². The van der Waals surface area contributed by atoms with Gasteiger partial charge in [-0.1, -0.05) is 78.9 Å². The van der Waals surface area contributed by atoms with E-state index in [4.69, 9.17) is 4.74 Å². The van der Waals surface area contributed by atoms with Crippen molar-refractivity contribution in [2.75, 3.05) is 13.7 Å². The molecule has 0 aliphatic heterocycles. The number of carbonyl (C=O) groups excluding carboxylic acids is 2. The van der Waals surface area contributed by atoms with Crippen molar-refractivity contribution in [1.82, 2.24) is 20.5 Å². The normalized spacial score (nSPS) is 12.2. The van der Waals surface area contributed by atoms with Crippen LogP contribution in [0, 0.1) is 6.92 Å². The van der Waals surface area contributed by atoms with E-state index in [9.17, 15) is 14.7 Å². The van der Waals surface area contributed by atoms with Crippen LogP contribution in [-0.4, -0.2) is 52.6 Å². The quantitative estimate of drug-likeness (QED) is 0.133. The maximum absolute atomic E-state index is 13.9. The summed E-state index contributed by atoms with van der Waals surface area (Å²) in [6, 6.07) is 33.5. The molecule has 8 nitrogen and oxygen atoms in total. The Labute approximate surface area is 280 Å². The Balaban J connectivity index is 1.30. The number of nitrogens with zero attached hydrogens (tertiary/aromatic N) is 2. The molecule has 47 heavy (non-hydrogen) atoms. The van der Waals surface area contributed by atoms with E-state index in [0.29, 0.717) is 37.2 Å². The van der Waals surface area contributed by atoms with Crippen LogP contribution in [0.1, 0.15) is 48.1 Å². The molecule has 2 unspecified atom stereocenters. The summed E-state index contributed by atoms with van der Waals surface area (Å²) in [5, 5.41) is 20.4. The third kappa shape index (κ3) is 9.83. The molecule has 3 N–H and O–H groups in total. The molecule has 1 aromatic heterocycles. The molecular weight excluding hydrogens is 609 g/mol. The first kappa shape index (κ1) is 33.5. The second-order valence-electron chi connectivity index (χ2n) is 11.4. The minimum absolute atomic E-state index is 0.195. The zero-order valence-corrected chi connectivity index (χ0v) is 27.5. The highest BCUT2D eigenvalue weighted by atomic mass is 32.1. The third-order valence-corrected chi connectivity index (χ3v) is 8.72. The Bertz CT molecular complexity index is 1750. The fourth-order valence-electron chi connectivity index (χ4n) is 5.31. The molecule has 9 heteroatoms. The van der Waals surface area contributed by atoms with Gasteiger partial charge in [-0.3, -0.25) is 9.59 Å². The van der Waals surface area contributed by atoms with Crippen molar-refractivity contribution < 1.29 is 19.4 Å². The second-order valence-corrected chi connectivity index (χ2v) is 12.4. The van der Waals surface area contributed by atoms with Crippen molar-refractivity contribution in [2.45, 2.75) is 45.1 Å². The van der Waals surface area contributed by atoms with Gasteiger partial charge in [-0.2, -0.15) is 0 Å². The van der Waals surface area contributed by atoms with Gasteiger partial charge >= 0.3 is 0 Å². The van der Waals surface area contributed by atoms with Gasteiger partial charge in [0.1, 0.15) is 10.8 Å². The number of aromatic nitrogens is 1. The number of nitrogens with one attached hydrogen (secondary N) is 2. The van der Waals surface area contributed by atoms with Crippen molar-refractivity contribution in [1.29, 1.82) is 0 Å². The number of hydrogen-bond acceptors (Lipinski definition) is 7. The molecule has 0 spiro atoms. The summed E-state index contributed by atoms with van der Waals surface area (Å²) in [5.41, 5.74) is 4.67. The Morgan fingerprint density at radius 3 is 2.23 bits per heavy atom. The van der Waals surface area contributed by atoms with E-state index in [2.05, 4.69) is 15.6 Å². The molecule has 5 aromatic rings. The highest BCUT2D eigenvalue weighted by molar-refractivity contribution is 7.09. The van der Waals surface area contributed by atoms with Gasteiger partial charge < -0.3 is 25.4 Å². The van der Waals surface area contributed by atoms with Gasteiger partial charge in [0.15, 0.2) is 0 Å². The number of benzene rings is 4. The number of thiazole rings is 1. The Morgan fingerprint density at radius 1 is 0.851 bits per heavy atom. The number of carbonyl (C=O) groups is 2. The number of rotatable bonds is 15. The second kappa shape index (κ2) is 16.6. The van der Waals surface area contributed by atoms with Gasteiger partial charge in [-0.15, -0.1) is 11.3 Å². The van der Waals surface area contributed by atoms with Gasteiger partial charge in [0.05, 0.1) is 25.8 Å². The molecule has 0 aliphatic carbocycles. The summed E-state index contributed by atoms with van der Waals surface area (Å²) >= 11 is 1.52. The smallest absolute Gasteiger partial charge is 0.254 e. The van der Waals surface area contributed by atoms with Crippen LogP contribution in [0.15, 0.2) is 115 Å². The minimum atomic E-state index is -0.877. The zero-order chi connectivity index (χ0) is 33.0. The molecule has 4 aromatic carbocycles. The summed E-state index contributed by atoms with van der Waals surface area (Å²) in [5.74, 6) is 0.206. The van der Waals surface area contributed by atoms with Crippen LogP contribution in [0.2, 0.25) is 0 Å². The van der Waals surface area contributed by atoms with Crippen molar-refractivity contribution in [3.63, 3.8) is 0 Å². The lowest BCUT2D eigenvalue weighted by Gasteiger charge is -2.25. The van der Waals surface area contributed by atoms with Gasteiger partial charge in [0.25, 0.3) is 11.8 Å². The monoisotopic (exact) mass is 648 g/mol. The average Bonchev–Trinajstić information content (AvgIpc) is 3.52. The number of aliphatic hydroxyl groups is 1. The largest absolute Gasteiger partial charge is 0.497 e. The van der Waals surface area contributed by atoms with Crippen LogP contribution < -0.4 is 15.4 Å². The molecule has 0 bridgehead atoms. The average molecular weight is 649 g/mol. The minimum Gasteiger partial charge on any atom is -0.497 e. The number of aryl methyl sites for hydroxylation is 1. The standard InChI is InChI=1S/C38H40N4O4S/c1-27-26-47-36(40-27)25-42(24-29-13-7-4-8-14-29)38(45)32-17-10-16-31(21-32)37(44)41-34(20-28-11-5-3-6-12-28)35(43)23-39-22-30-15-9-18-33(19-30)46-2/h3-19,21,26,34-35,39,43H,20,22-25H2,1-2H3,(H,41,44). The first-order chi connectivity index (χ1) is 22.9. The molecule has 0 saturated carbocycles. The number of hydrogen-bond donors (Lipinski definition) is 3. The predicted molar refractivity (Wildman–Crippen MR) is 185 cm³/mol. The van der Waals surface area contributed by atoms with E-state index in [1.54, 1.807) is 36.3 Å². The summed E-state index contributed by atoms with van der Waals surface area (Å²) in [6.45, 7) is 3.49. The van der Waals surface area contributed by atoms with Gasteiger partial charge in [0, 0.05) is 41.8 Å². The molecule has 0 radical (unpaired) electrons. The van der Waals surface area contributed by atoms with Crippen LogP contribution in [0.25, 0.3) is 0 Å². The molecule has 0 saturated heterocycles. The van der Waals surface area contributed by atoms with E-state index in [0.717, 1.165) is 33.1 Å². The maximum Gasteiger partial charge on any atom is 0.254 e. The van der Waals surface area contributed by atoms with E-state index in [1.165, 1.54) is 11.3 Å². The first-order valence-electron chi connectivity index (χ1n) is 15.6. The van der Waals surface area contributed by atoms with Crippen LogP contribution in [-0.2, 0) is 26.1 Å². The van der Waals surface area contributed by atoms with Gasteiger partial charge in [0.2, 0.25) is 0 Å². The number of methoxy groups -OCH3 is 1. The Morgan fingerprint density at radius 2 is 1.53 bits per heavy atom. The Kier molecular flexibility index (Phi) is 11.9. The summed E-state index contributed by atoms with van der Waals surface area (Å²) < 4.78 is 5.31. The lowest BCUT2D eigenvalue weighted by Crippen LogP contribution is -2.48. The number of amides is 2. The lowest BCUT2D eigenvalue weighted by molar-refractivity contribution is 0.0729. The molecule has 2 amide bonds. The lowest BCUT2D eigenvalue weighted by atomic mass is 10.00. The van der Waals surface area contributed by atoms with E-state index >= 15 is 0 Å². The van der Waals surface area contributed by atoms with E-state index in [1.807, 2.05) is 97.2 Å². The highest BCUT2D eigenvalue weighted by Gasteiger charge is 2.24. The third-order valence-electron chi connectivity index (χ3n) is 7.76. The van der Waals surface area contributed by atoms with E-state index < -0.39 is 12.1 Å². The molecule has 0 fully saturated rings. The highest BCUT2D eigenvalue weighted by Crippen LogP contribution is 2.19. The maximum atomic E-state index is 13.9. The molecule has 2 atom stereocenters. The zero-order valence-electron chi connectivity index (χ0n) is 26.6. The number of ether oxygens (including phenoxy) is 1. The summed E-state index contributed by atoms with van der Waals surface area (Å²) in [6.07, 6.45) is -0.441. The van der Waals surface area contributed by atoms with Gasteiger partial charge in [-0.25, -0.2) is 4.98 Å². The number of aliphatic hydroxyl groups excluding tert-OH is 1. The van der Waals surface area contributed by atoms with Gasteiger partial charge in [-0.05, 0) is 60.4 Å². The molecule has 5 rings (SSSR count). The van der Waals surface area contributed by atoms with Crippen molar-refractivity contribution in [2.24, 2.45) is 0 Å². The molecule has 1 heterocycles. The Hall–Kier alpha value is -4.83. The topological polar surface area (TPSA) is 104 Å². The van der Waals surface area contributed by atoms with Crippen LogP contribution >= 0.6 is 11.3 Å². The molecular formula is C38H40N4O4S. The molecule has 242 valence electrons. The summed E-state index contributed by atoms with van der Waals surface area (Å²) in [7, 11) is 1.63. The van der Waals surface area contributed by atoms with Crippen molar-refractivity contribution >= 4 is 23.2 Å². The van der Waals surface area contributed by atoms with Crippen molar-refractivity contribution in [3.05, 3.63) is 153 Å². The van der Waals surface area contributed by atoms with E-state index in [-0.39, 0.29) is 18.4 Å². The first-order valence-corrected chi connectivity index (χ1v) is 16.5. The predicted octanol–water partition coefficient (Wildman–Crippen LogP) is 5.79. The van der Waals surface area contributed by atoms with Crippen LogP contribution in [0.5, 0.6) is 5.75 Å².